The highest BCUT2D eigenvalue weighted by Crippen LogP contribution is 2.21. The van der Waals surface area contributed by atoms with Crippen LogP contribution in [0.4, 0.5) is 5.69 Å². The molecule has 1 unspecified atom stereocenters. The Bertz CT molecular complexity index is 489. The van der Waals surface area contributed by atoms with Gasteiger partial charge in [-0.25, -0.2) is 13.1 Å². The number of hydrogen-bond acceptors (Lipinski definition) is 4. The summed E-state index contributed by atoms with van der Waals surface area (Å²) in [5.41, 5.74) is 0.660. The molecule has 0 aliphatic heterocycles. The third kappa shape index (κ3) is 5.04. The molecule has 0 amide bonds. The number of sulfonamides is 1. The monoisotopic (exact) mass is 302 g/mol. The Morgan fingerprint density at radius 3 is 2.63 bits per heavy atom. The van der Waals surface area contributed by atoms with Gasteiger partial charge in [-0.3, -0.25) is 0 Å². The van der Waals surface area contributed by atoms with Gasteiger partial charge in [0.15, 0.2) is 0 Å². The van der Waals surface area contributed by atoms with E-state index in [0.29, 0.717) is 17.1 Å². The van der Waals surface area contributed by atoms with Crippen molar-refractivity contribution in [3.8, 4) is 0 Å². The Morgan fingerprint density at radius 1 is 1.32 bits per heavy atom. The van der Waals surface area contributed by atoms with Crippen LogP contribution in [0, 0.1) is 0 Å². The lowest BCUT2D eigenvalue weighted by molar-refractivity contribution is 0.581. The number of rotatable bonds is 8. The lowest BCUT2D eigenvalue weighted by atomic mass is 10.3. The number of thioether (sulfide) groups is 1. The summed E-state index contributed by atoms with van der Waals surface area (Å²) in [5.74, 6) is 0.927. The summed E-state index contributed by atoms with van der Waals surface area (Å²) in [6.07, 6.45) is 2.81. The summed E-state index contributed by atoms with van der Waals surface area (Å²) in [5, 5.41) is 3.25. The van der Waals surface area contributed by atoms with Crippen molar-refractivity contribution in [1.82, 2.24) is 4.72 Å². The van der Waals surface area contributed by atoms with Crippen molar-refractivity contribution in [3.63, 3.8) is 0 Å². The average Bonchev–Trinajstić information content (AvgIpc) is 2.37. The van der Waals surface area contributed by atoms with Gasteiger partial charge in [-0.15, -0.1) is 0 Å². The highest BCUT2D eigenvalue weighted by Gasteiger charge is 2.18. The maximum Gasteiger partial charge on any atom is 0.242 e. The van der Waals surface area contributed by atoms with Crippen LogP contribution in [0.15, 0.2) is 29.2 Å². The standard InChI is InChI=1S/C13H22N2O2S2/c1-4-9-14-19(16,17)13-8-6-5-7-12(13)15-11(2)10-18-3/h5-8,11,14-15H,4,9-10H2,1-3H3. The summed E-state index contributed by atoms with van der Waals surface area (Å²) >= 11 is 1.73. The lowest BCUT2D eigenvalue weighted by Gasteiger charge is -2.17. The predicted octanol–water partition coefficient (Wildman–Crippen LogP) is 2.54. The number of nitrogens with one attached hydrogen (secondary N) is 2. The normalized spacial score (nSPS) is 13.2. The second-order valence-corrected chi connectivity index (χ2v) is 7.04. The maximum atomic E-state index is 12.2. The third-order valence-corrected chi connectivity index (χ3v) is 4.89. The molecule has 19 heavy (non-hydrogen) atoms. The average molecular weight is 302 g/mol. The first kappa shape index (κ1) is 16.3. The Hall–Kier alpha value is -0.720. The van der Waals surface area contributed by atoms with E-state index in [4.69, 9.17) is 0 Å². The quantitative estimate of drug-likeness (QED) is 0.775. The molecule has 0 heterocycles. The molecule has 0 spiro atoms. The van der Waals surface area contributed by atoms with Gasteiger partial charge in [-0.05, 0) is 31.7 Å². The van der Waals surface area contributed by atoms with Crippen molar-refractivity contribution in [1.29, 1.82) is 0 Å². The van der Waals surface area contributed by atoms with E-state index in [-0.39, 0.29) is 6.04 Å². The summed E-state index contributed by atoms with van der Waals surface area (Å²) in [7, 11) is -3.43. The molecule has 108 valence electrons. The van der Waals surface area contributed by atoms with Crippen LogP contribution >= 0.6 is 11.8 Å². The fourth-order valence-corrected chi connectivity index (χ4v) is 3.58. The Kier molecular flexibility index (Phi) is 6.68. The van der Waals surface area contributed by atoms with E-state index in [9.17, 15) is 8.42 Å². The minimum atomic E-state index is -3.43. The Morgan fingerprint density at radius 2 is 2.00 bits per heavy atom. The number of hydrogen-bond donors (Lipinski definition) is 2. The van der Waals surface area contributed by atoms with Crippen molar-refractivity contribution in [3.05, 3.63) is 24.3 Å². The van der Waals surface area contributed by atoms with Crippen molar-refractivity contribution in [2.45, 2.75) is 31.2 Å². The second-order valence-electron chi connectivity index (χ2n) is 4.39. The number of anilines is 1. The predicted molar refractivity (Wildman–Crippen MR) is 83.4 cm³/mol. The molecule has 0 aromatic heterocycles. The van der Waals surface area contributed by atoms with E-state index in [1.807, 2.05) is 26.2 Å². The molecule has 2 N–H and O–H groups in total. The van der Waals surface area contributed by atoms with Gasteiger partial charge in [-0.2, -0.15) is 11.8 Å². The van der Waals surface area contributed by atoms with Crippen LogP contribution in [0.25, 0.3) is 0 Å². The summed E-state index contributed by atoms with van der Waals surface area (Å²) in [6, 6.07) is 7.24. The van der Waals surface area contributed by atoms with Gasteiger partial charge in [0.2, 0.25) is 10.0 Å². The molecule has 1 aromatic carbocycles. The molecule has 6 heteroatoms. The zero-order valence-corrected chi connectivity index (χ0v) is 13.3. The van der Waals surface area contributed by atoms with Crippen LogP contribution in [0.2, 0.25) is 0 Å². The van der Waals surface area contributed by atoms with Gasteiger partial charge in [0.25, 0.3) is 0 Å². The van der Waals surface area contributed by atoms with Crippen LogP contribution in [0.1, 0.15) is 20.3 Å². The van der Waals surface area contributed by atoms with Gasteiger partial charge in [-0.1, -0.05) is 19.1 Å². The lowest BCUT2D eigenvalue weighted by Crippen LogP contribution is -2.26. The van der Waals surface area contributed by atoms with Crippen LogP contribution < -0.4 is 10.0 Å². The smallest absolute Gasteiger partial charge is 0.242 e. The van der Waals surface area contributed by atoms with Crippen LogP contribution in [-0.2, 0) is 10.0 Å². The molecule has 0 saturated carbocycles. The van der Waals surface area contributed by atoms with Crippen molar-refractivity contribution in [2.24, 2.45) is 0 Å². The van der Waals surface area contributed by atoms with E-state index in [1.165, 1.54) is 0 Å². The molecule has 0 radical (unpaired) electrons. The number of benzene rings is 1. The van der Waals surface area contributed by atoms with Crippen LogP contribution in [0.3, 0.4) is 0 Å². The summed E-state index contributed by atoms with van der Waals surface area (Å²) in [4.78, 5) is 0.316. The molecule has 1 aromatic rings. The van der Waals surface area contributed by atoms with E-state index < -0.39 is 10.0 Å². The molecule has 0 aliphatic rings. The highest BCUT2D eigenvalue weighted by atomic mass is 32.2. The SMILES string of the molecule is CCCNS(=O)(=O)c1ccccc1NC(C)CSC. The molecule has 0 bridgehead atoms. The Labute approximate surface area is 120 Å². The second kappa shape index (κ2) is 7.77. The van der Waals surface area contributed by atoms with Gasteiger partial charge >= 0.3 is 0 Å². The van der Waals surface area contributed by atoms with Gasteiger partial charge < -0.3 is 5.32 Å². The van der Waals surface area contributed by atoms with Crippen LogP contribution in [0.5, 0.6) is 0 Å². The van der Waals surface area contributed by atoms with Crippen LogP contribution in [-0.4, -0.2) is 33.0 Å². The number of para-hydroxylation sites is 1. The fourth-order valence-electron chi connectivity index (χ4n) is 1.69. The first-order chi connectivity index (χ1) is 9.01. The molecule has 4 nitrogen and oxygen atoms in total. The van der Waals surface area contributed by atoms with E-state index >= 15 is 0 Å². The van der Waals surface area contributed by atoms with Crippen molar-refractivity contribution < 1.29 is 8.42 Å². The highest BCUT2D eigenvalue weighted by molar-refractivity contribution is 7.98. The first-order valence-corrected chi connectivity index (χ1v) is 9.23. The summed E-state index contributed by atoms with van der Waals surface area (Å²) in [6.45, 7) is 4.43. The molecule has 1 rings (SSSR count). The topological polar surface area (TPSA) is 58.2 Å². The van der Waals surface area contributed by atoms with E-state index in [2.05, 4.69) is 10.0 Å². The Balaban J connectivity index is 2.95. The van der Waals surface area contributed by atoms with Crippen molar-refractivity contribution in [2.75, 3.05) is 23.9 Å². The van der Waals surface area contributed by atoms with E-state index in [0.717, 1.165) is 12.2 Å². The zero-order valence-electron chi connectivity index (χ0n) is 11.6. The third-order valence-electron chi connectivity index (χ3n) is 2.54. The van der Waals surface area contributed by atoms with Gasteiger partial charge in [0.1, 0.15) is 4.90 Å². The fraction of sp³-hybridized carbons (Fsp3) is 0.538. The molecule has 0 aliphatic carbocycles. The van der Waals surface area contributed by atoms with Gasteiger partial charge in [0.05, 0.1) is 5.69 Å². The largest absolute Gasteiger partial charge is 0.381 e. The minimum Gasteiger partial charge on any atom is -0.381 e. The molecular weight excluding hydrogens is 280 g/mol. The molecule has 1 atom stereocenters. The van der Waals surface area contributed by atoms with Gasteiger partial charge in [0, 0.05) is 18.3 Å². The molecule has 0 fully saturated rings. The molecule has 0 saturated heterocycles. The molecular formula is C13H22N2O2S2. The van der Waals surface area contributed by atoms with Crippen molar-refractivity contribution >= 4 is 27.5 Å². The first-order valence-electron chi connectivity index (χ1n) is 6.35. The zero-order chi connectivity index (χ0) is 14.3. The summed E-state index contributed by atoms with van der Waals surface area (Å²) < 4.78 is 27.0. The van der Waals surface area contributed by atoms with E-state index in [1.54, 1.807) is 30.0 Å². The minimum absolute atomic E-state index is 0.220. The maximum absolute atomic E-state index is 12.2.